The van der Waals surface area contributed by atoms with Gasteiger partial charge in [-0.3, -0.25) is 0 Å². The number of rotatable bonds is 5. The van der Waals surface area contributed by atoms with E-state index in [0.717, 1.165) is 37.3 Å². The summed E-state index contributed by atoms with van der Waals surface area (Å²) in [5, 5.41) is 3.63. The molecule has 1 N–H and O–H groups in total. The molecule has 3 rings (SSSR count). The molecule has 5 nitrogen and oxygen atoms in total. The molecule has 0 aromatic carbocycles. The van der Waals surface area contributed by atoms with Crippen LogP contribution in [0.15, 0.2) is 12.3 Å². The van der Waals surface area contributed by atoms with Gasteiger partial charge in [0.2, 0.25) is 5.95 Å². The Morgan fingerprint density at radius 2 is 1.84 bits per heavy atom. The van der Waals surface area contributed by atoms with E-state index >= 15 is 0 Å². The molecule has 0 bridgehead atoms. The first-order valence-electron chi connectivity index (χ1n) is 10.3. The molecule has 2 fully saturated rings. The van der Waals surface area contributed by atoms with E-state index in [0.29, 0.717) is 6.04 Å². The van der Waals surface area contributed by atoms with Crippen LogP contribution in [0.4, 0.5) is 11.8 Å². The highest BCUT2D eigenvalue weighted by Gasteiger charge is 2.20. The summed E-state index contributed by atoms with van der Waals surface area (Å²) in [7, 11) is 0. The minimum Gasteiger partial charge on any atom is -0.356 e. The van der Waals surface area contributed by atoms with Crippen LogP contribution in [0.3, 0.4) is 0 Å². The molecule has 0 saturated carbocycles. The summed E-state index contributed by atoms with van der Waals surface area (Å²) >= 11 is 0. The number of likely N-dealkylation sites (tertiary alicyclic amines) is 1. The monoisotopic (exact) mass is 345 g/mol. The van der Waals surface area contributed by atoms with Gasteiger partial charge in [0.1, 0.15) is 5.82 Å². The Kier molecular flexibility index (Phi) is 6.91. The molecule has 2 aliphatic heterocycles. The van der Waals surface area contributed by atoms with Crippen molar-refractivity contribution in [3.05, 3.63) is 12.3 Å². The van der Waals surface area contributed by atoms with E-state index in [9.17, 15) is 0 Å². The average molecular weight is 346 g/mol. The summed E-state index contributed by atoms with van der Waals surface area (Å²) in [6.07, 6.45) is 11.0. The molecule has 2 saturated heterocycles. The van der Waals surface area contributed by atoms with E-state index in [2.05, 4.69) is 40.0 Å². The van der Waals surface area contributed by atoms with E-state index in [1.807, 2.05) is 6.20 Å². The Hall–Kier alpha value is -1.36. The van der Waals surface area contributed by atoms with Crippen LogP contribution in [0.2, 0.25) is 0 Å². The molecule has 0 spiro atoms. The van der Waals surface area contributed by atoms with E-state index in [1.54, 1.807) is 0 Å². The molecular weight excluding hydrogens is 310 g/mol. The smallest absolute Gasteiger partial charge is 0.224 e. The predicted molar refractivity (Wildman–Crippen MR) is 105 cm³/mol. The van der Waals surface area contributed by atoms with Crippen LogP contribution in [0.1, 0.15) is 58.8 Å². The Labute approximate surface area is 153 Å². The zero-order valence-electron chi connectivity index (χ0n) is 16.1. The number of hydrogen-bond donors (Lipinski definition) is 1. The molecule has 1 atom stereocenters. The number of anilines is 2. The third kappa shape index (κ3) is 5.84. The number of nitrogens with one attached hydrogen (secondary N) is 1. The van der Waals surface area contributed by atoms with E-state index in [-0.39, 0.29) is 0 Å². The van der Waals surface area contributed by atoms with Gasteiger partial charge in [0.05, 0.1) is 0 Å². The van der Waals surface area contributed by atoms with Gasteiger partial charge in [-0.2, -0.15) is 4.98 Å². The Balaban J connectivity index is 1.62. The maximum atomic E-state index is 4.83. The highest BCUT2D eigenvalue weighted by atomic mass is 15.2. The molecule has 1 aromatic heterocycles. The topological polar surface area (TPSA) is 44.3 Å². The Morgan fingerprint density at radius 1 is 1.08 bits per heavy atom. The summed E-state index contributed by atoms with van der Waals surface area (Å²) in [4.78, 5) is 14.4. The van der Waals surface area contributed by atoms with E-state index < -0.39 is 0 Å². The summed E-state index contributed by atoms with van der Waals surface area (Å²) in [6, 6.07) is 2.52. The van der Waals surface area contributed by atoms with Gasteiger partial charge in [-0.15, -0.1) is 0 Å². The van der Waals surface area contributed by atoms with E-state index in [1.165, 1.54) is 58.0 Å². The minimum atomic E-state index is 0.459. The van der Waals surface area contributed by atoms with Crippen molar-refractivity contribution in [3.8, 4) is 0 Å². The second kappa shape index (κ2) is 9.37. The fourth-order valence-electron chi connectivity index (χ4n) is 4.10. The zero-order valence-corrected chi connectivity index (χ0v) is 16.1. The van der Waals surface area contributed by atoms with Crippen molar-refractivity contribution in [3.63, 3.8) is 0 Å². The largest absolute Gasteiger partial charge is 0.356 e. The molecule has 140 valence electrons. The number of nitrogens with zero attached hydrogens (tertiary/aromatic N) is 4. The lowest BCUT2D eigenvalue weighted by atomic mass is 10.1. The third-order valence-electron chi connectivity index (χ3n) is 5.28. The van der Waals surface area contributed by atoms with Gasteiger partial charge in [0.15, 0.2) is 0 Å². The van der Waals surface area contributed by atoms with Gasteiger partial charge in [0.25, 0.3) is 0 Å². The molecular formula is C20H35N5. The second-order valence-electron chi connectivity index (χ2n) is 8.13. The standard InChI is InChI=1S/C20H35N5/c1-17(2)15-24-12-8-5-9-18(16-24)22-20-21-11-10-19(23-20)25-13-6-3-4-7-14-25/h10-11,17-18H,3-9,12-16H2,1-2H3,(H,21,22,23). The van der Waals surface area contributed by atoms with Crippen molar-refractivity contribution < 1.29 is 0 Å². The zero-order chi connectivity index (χ0) is 17.5. The van der Waals surface area contributed by atoms with E-state index in [4.69, 9.17) is 4.98 Å². The fourth-order valence-corrected chi connectivity index (χ4v) is 4.10. The molecule has 1 aromatic rings. The van der Waals surface area contributed by atoms with Crippen molar-refractivity contribution >= 4 is 11.8 Å². The van der Waals surface area contributed by atoms with Crippen molar-refractivity contribution in [1.29, 1.82) is 0 Å². The molecule has 5 heteroatoms. The van der Waals surface area contributed by atoms with Crippen LogP contribution in [0.5, 0.6) is 0 Å². The lowest BCUT2D eigenvalue weighted by Gasteiger charge is -2.27. The van der Waals surface area contributed by atoms with Gasteiger partial charge in [-0.05, 0) is 44.2 Å². The molecule has 25 heavy (non-hydrogen) atoms. The predicted octanol–water partition coefficient (Wildman–Crippen LogP) is 3.78. The summed E-state index contributed by atoms with van der Waals surface area (Å²) < 4.78 is 0. The van der Waals surface area contributed by atoms with Crippen molar-refractivity contribution in [2.45, 2.75) is 64.8 Å². The third-order valence-corrected chi connectivity index (χ3v) is 5.28. The van der Waals surface area contributed by atoms with Crippen LogP contribution >= 0.6 is 0 Å². The quantitative estimate of drug-likeness (QED) is 0.880. The summed E-state index contributed by atoms with van der Waals surface area (Å²) in [6.45, 7) is 10.4. The van der Waals surface area contributed by atoms with Gasteiger partial charge in [-0.25, -0.2) is 4.98 Å². The van der Waals surface area contributed by atoms with Crippen LogP contribution < -0.4 is 10.2 Å². The fraction of sp³-hybridized carbons (Fsp3) is 0.800. The molecule has 3 heterocycles. The average Bonchev–Trinajstić information content (AvgIpc) is 2.98. The minimum absolute atomic E-state index is 0.459. The summed E-state index contributed by atoms with van der Waals surface area (Å²) in [5.74, 6) is 2.62. The number of aromatic nitrogens is 2. The van der Waals surface area contributed by atoms with Crippen LogP contribution in [-0.4, -0.2) is 53.6 Å². The maximum Gasteiger partial charge on any atom is 0.224 e. The van der Waals surface area contributed by atoms with Crippen molar-refractivity contribution in [2.75, 3.05) is 42.9 Å². The van der Waals surface area contributed by atoms with Gasteiger partial charge < -0.3 is 15.1 Å². The molecule has 0 aliphatic carbocycles. The SMILES string of the molecule is CC(C)CN1CCCCC(Nc2nccc(N3CCCCCC3)n2)C1. The van der Waals surface area contributed by atoms with Crippen LogP contribution in [0, 0.1) is 5.92 Å². The molecule has 0 radical (unpaired) electrons. The first-order chi connectivity index (χ1) is 12.2. The van der Waals surface area contributed by atoms with Crippen LogP contribution in [0.25, 0.3) is 0 Å². The van der Waals surface area contributed by atoms with Gasteiger partial charge >= 0.3 is 0 Å². The molecule has 2 aliphatic rings. The van der Waals surface area contributed by atoms with Crippen LogP contribution in [-0.2, 0) is 0 Å². The first kappa shape index (κ1) is 18.4. The lowest BCUT2D eigenvalue weighted by molar-refractivity contribution is 0.247. The molecule has 0 amide bonds. The molecule has 1 unspecified atom stereocenters. The lowest BCUT2D eigenvalue weighted by Crippen LogP contribution is -2.37. The van der Waals surface area contributed by atoms with Crippen molar-refractivity contribution in [2.24, 2.45) is 5.92 Å². The number of hydrogen-bond acceptors (Lipinski definition) is 5. The Morgan fingerprint density at radius 3 is 2.60 bits per heavy atom. The summed E-state index contributed by atoms with van der Waals surface area (Å²) in [5.41, 5.74) is 0. The van der Waals surface area contributed by atoms with Gasteiger partial charge in [-0.1, -0.05) is 33.1 Å². The normalized spacial score (nSPS) is 23.3. The van der Waals surface area contributed by atoms with Crippen molar-refractivity contribution in [1.82, 2.24) is 14.9 Å². The Bertz CT molecular complexity index is 511. The highest BCUT2D eigenvalue weighted by Crippen LogP contribution is 2.20. The highest BCUT2D eigenvalue weighted by molar-refractivity contribution is 5.43. The second-order valence-corrected chi connectivity index (χ2v) is 8.13. The van der Waals surface area contributed by atoms with Gasteiger partial charge in [0, 0.05) is 38.4 Å². The maximum absolute atomic E-state index is 4.83. The first-order valence-corrected chi connectivity index (χ1v) is 10.3.